The number of nitrogen functional groups attached to an aromatic ring is 2. The maximum absolute atomic E-state index is 12.0. The molecule has 0 saturated carbocycles. The summed E-state index contributed by atoms with van der Waals surface area (Å²) in [6.07, 6.45) is 0. The van der Waals surface area contributed by atoms with Crippen LogP contribution in [-0.2, 0) is 25.2 Å². The standard InChI is InChI=1S/C32H22N8O11S2.2Na.2H/c33-25-9-1-17-13-21(52(45,46)47)5-7-23(17)31(25)19-3-11-27(29(15-19)39(41)42)35-37-51-38-36-28-12-4-20(16-30(28)40(43)44)32-24-8-6-22(53(48,49)50)14-18(24)2-10-26(32)34;;;;/h1-16H,33-34H2,(H,45,46,47)(H,48,49,50);;;;/b37-35+,38-36+;;;;. The van der Waals surface area contributed by atoms with Crippen LogP contribution in [-0.4, -0.2) is 94.9 Å². The molecule has 0 unspecified atom stereocenters. The van der Waals surface area contributed by atoms with Crippen LogP contribution in [0, 0.1) is 20.2 Å². The van der Waals surface area contributed by atoms with Crippen molar-refractivity contribution in [1.29, 1.82) is 0 Å². The molecule has 23 heteroatoms. The molecule has 0 amide bonds. The van der Waals surface area contributed by atoms with E-state index in [0.717, 1.165) is 0 Å². The van der Waals surface area contributed by atoms with Crippen LogP contribution in [0.15, 0.2) is 128 Å². The molecule has 0 aromatic heterocycles. The Morgan fingerprint density at radius 2 is 0.945 bits per heavy atom. The Balaban J connectivity index is 0.00000336. The molecule has 0 heterocycles. The van der Waals surface area contributed by atoms with Gasteiger partial charge in [-0.25, -0.2) is 4.94 Å². The Bertz CT molecular complexity index is 2630. The molecule has 0 bridgehead atoms. The van der Waals surface area contributed by atoms with Gasteiger partial charge in [0, 0.05) is 34.6 Å². The quantitative estimate of drug-likeness (QED) is 0.0299. The van der Waals surface area contributed by atoms with Crippen LogP contribution in [0.25, 0.3) is 43.8 Å². The van der Waals surface area contributed by atoms with Crippen molar-refractivity contribution in [2.75, 3.05) is 11.5 Å². The average molecular weight is 807 g/mol. The number of nitrogens with zero attached hydrogens (tertiary/aromatic N) is 6. The number of hydrogen-bond donors (Lipinski definition) is 4. The number of rotatable bonds is 10. The number of benzene rings is 6. The van der Waals surface area contributed by atoms with Gasteiger partial charge >= 0.3 is 59.1 Å². The van der Waals surface area contributed by atoms with Crippen molar-refractivity contribution < 1.29 is 40.7 Å². The Labute approximate surface area is 354 Å². The third-order valence-corrected chi connectivity index (χ3v) is 9.63. The zero-order valence-corrected chi connectivity index (χ0v) is 28.1. The molecule has 0 spiro atoms. The second-order valence-electron chi connectivity index (χ2n) is 11.1. The van der Waals surface area contributed by atoms with Crippen molar-refractivity contribution in [3.8, 4) is 22.3 Å². The topological polar surface area (TPSA) is 306 Å². The van der Waals surface area contributed by atoms with Crippen LogP contribution in [0.1, 0.15) is 0 Å². The summed E-state index contributed by atoms with van der Waals surface area (Å²) in [6.45, 7) is 0. The summed E-state index contributed by atoms with van der Waals surface area (Å²) >= 11 is 0. The van der Waals surface area contributed by atoms with E-state index in [4.69, 9.17) is 11.5 Å². The van der Waals surface area contributed by atoms with Crippen molar-refractivity contribution in [3.63, 3.8) is 0 Å². The summed E-state index contributed by atoms with van der Waals surface area (Å²) in [5.41, 5.74) is 12.5. The van der Waals surface area contributed by atoms with E-state index in [0.29, 0.717) is 32.7 Å². The van der Waals surface area contributed by atoms with E-state index in [1.54, 1.807) is 0 Å². The number of nitro benzene ring substituents is 2. The van der Waals surface area contributed by atoms with Crippen molar-refractivity contribution in [3.05, 3.63) is 117 Å². The first kappa shape index (κ1) is 42.8. The van der Waals surface area contributed by atoms with Crippen LogP contribution in [0.3, 0.4) is 0 Å². The summed E-state index contributed by atoms with van der Waals surface area (Å²) in [5, 5.41) is 39.5. The van der Waals surface area contributed by atoms with Crippen LogP contribution >= 0.6 is 0 Å². The van der Waals surface area contributed by atoms with Gasteiger partial charge in [-0.15, -0.1) is 10.2 Å². The molecule has 6 aromatic carbocycles. The van der Waals surface area contributed by atoms with Gasteiger partial charge in [-0.3, -0.25) is 29.3 Å². The van der Waals surface area contributed by atoms with Crippen molar-refractivity contribution >= 4 is 135 Å². The first-order valence-corrected chi connectivity index (χ1v) is 17.6. The average Bonchev–Trinajstić information content (AvgIpc) is 3.10. The molecule has 0 aliphatic heterocycles. The van der Waals surface area contributed by atoms with Gasteiger partial charge in [0.15, 0.2) is 11.4 Å². The Hall–Kier alpha value is -4.94. The molecule has 0 radical (unpaired) electrons. The fourth-order valence-corrected chi connectivity index (χ4v) is 6.61. The fourth-order valence-electron chi connectivity index (χ4n) is 5.58. The molecule has 6 rings (SSSR count). The van der Waals surface area contributed by atoms with Gasteiger partial charge in [0.1, 0.15) is 0 Å². The monoisotopic (exact) mass is 806 g/mol. The van der Waals surface area contributed by atoms with Gasteiger partial charge in [0.2, 0.25) is 0 Å². The second-order valence-corrected chi connectivity index (χ2v) is 14.0. The third-order valence-electron chi connectivity index (χ3n) is 7.93. The molecule has 0 aliphatic rings. The first-order chi connectivity index (χ1) is 25.0. The first-order valence-electron chi connectivity index (χ1n) is 14.7. The van der Waals surface area contributed by atoms with Crippen LogP contribution < -0.4 is 11.5 Å². The van der Waals surface area contributed by atoms with E-state index in [-0.39, 0.29) is 103 Å². The van der Waals surface area contributed by atoms with Crippen LogP contribution in [0.5, 0.6) is 0 Å². The molecule has 0 saturated heterocycles. The molecule has 0 atom stereocenters. The van der Waals surface area contributed by atoms with Gasteiger partial charge in [-0.05, 0) is 81.2 Å². The zero-order chi connectivity index (χ0) is 38.2. The molecule has 6 N–H and O–H groups in total. The number of nitrogens with two attached hydrogens (primary N) is 2. The molecule has 19 nitrogen and oxygen atoms in total. The zero-order valence-electron chi connectivity index (χ0n) is 26.5. The minimum absolute atomic E-state index is 0. The number of fused-ring (bicyclic) bond motifs is 2. The molecule has 272 valence electrons. The molecule has 6 aromatic rings. The van der Waals surface area contributed by atoms with Crippen molar-refractivity contribution in [2.24, 2.45) is 20.8 Å². The predicted octanol–water partition coefficient (Wildman–Crippen LogP) is 6.22. The third kappa shape index (κ3) is 9.13. The Morgan fingerprint density at radius 3 is 1.29 bits per heavy atom. The summed E-state index contributed by atoms with van der Waals surface area (Å²) in [5.74, 6) is 0. The summed E-state index contributed by atoms with van der Waals surface area (Å²) in [6, 6.07) is 21.3. The summed E-state index contributed by atoms with van der Waals surface area (Å²) in [4.78, 5) is 26.4. The molecule has 55 heavy (non-hydrogen) atoms. The van der Waals surface area contributed by atoms with Crippen LogP contribution in [0.2, 0.25) is 0 Å². The summed E-state index contributed by atoms with van der Waals surface area (Å²) in [7, 11) is -8.98. The van der Waals surface area contributed by atoms with E-state index in [1.807, 2.05) is 0 Å². The molecular formula is C32H24N8Na2O11S2. The van der Waals surface area contributed by atoms with Gasteiger partial charge in [0.05, 0.1) is 30.2 Å². The van der Waals surface area contributed by atoms with Gasteiger partial charge in [0.25, 0.3) is 31.6 Å². The minimum atomic E-state index is -4.49. The van der Waals surface area contributed by atoms with Crippen molar-refractivity contribution in [2.45, 2.75) is 9.79 Å². The molecule has 0 aliphatic carbocycles. The Morgan fingerprint density at radius 1 is 0.564 bits per heavy atom. The van der Waals surface area contributed by atoms with E-state index in [2.05, 4.69) is 25.7 Å². The second kappa shape index (κ2) is 16.8. The van der Waals surface area contributed by atoms with Crippen LogP contribution in [0.4, 0.5) is 34.1 Å². The van der Waals surface area contributed by atoms with Gasteiger partial charge in [-0.1, -0.05) is 36.4 Å². The van der Waals surface area contributed by atoms with Crippen molar-refractivity contribution in [1.82, 2.24) is 0 Å². The van der Waals surface area contributed by atoms with E-state index in [9.17, 15) is 46.2 Å². The maximum atomic E-state index is 12.0. The predicted molar refractivity (Wildman–Crippen MR) is 205 cm³/mol. The SMILES string of the molecule is Nc1ccc2cc(S(=O)(=O)O)ccc2c1-c1ccc(/N=N/O/N=N/c2ccc(-c3c(N)ccc4cc(S(=O)(=O)O)ccc34)cc2[N+](=O)[O-])c([N+](=O)[O-])c1.[NaH].[NaH]. The van der Waals surface area contributed by atoms with E-state index >= 15 is 0 Å². The number of nitro groups is 2. The summed E-state index contributed by atoms with van der Waals surface area (Å²) < 4.78 is 65.2. The number of anilines is 2. The molecular weight excluding hydrogens is 783 g/mol. The van der Waals surface area contributed by atoms with Gasteiger partial charge < -0.3 is 11.5 Å². The Kier molecular flexibility index (Phi) is 13.1. The molecule has 0 fully saturated rings. The normalized spacial score (nSPS) is 11.7. The number of hydrogen-bond acceptors (Lipinski definition) is 15. The van der Waals surface area contributed by atoms with Gasteiger partial charge in [-0.2, -0.15) is 16.8 Å². The van der Waals surface area contributed by atoms with E-state index < -0.39 is 41.5 Å². The fraction of sp³-hybridized carbons (Fsp3) is 0. The van der Waals surface area contributed by atoms with E-state index in [1.165, 1.54) is 97.1 Å².